The molecule has 1 aliphatic heterocycles. The normalized spacial score (nSPS) is 16.7. The van der Waals surface area contributed by atoms with Crippen LogP contribution in [0.25, 0.3) is 5.69 Å². The maximum absolute atomic E-state index is 13.3. The summed E-state index contributed by atoms with van der Waals surface area (Å²) in [6.45, 7) is 1.89. The third-order valence-corrected chi connectivity index (χ3v) is 5.54. The second-order valence-corrected chi connectivity index (χ2v) is 7.16. The molecule has 0 fully saturated rings. The summed E-state index contributed by atoms with van der Waals surface area (Å²) in [5, 5.41) is 17.0. The Bertz CT molecular complexity index is 968. The van der Waals surface area contributed by atoms with Crippen molar-refractivity contribution in [3.05, 3.63) is 71.2 Å². The smallest absolute Gasteiger partial charge is 0.235 e. The van der Waals surface area contributed by atoms with Gasteiger partial charge in [-0.05, 0) is 48.9 Å². The number of nitrogens with one attached hydrogen (secondary N) is 1. The third kappa shape index (κ3) is 2.94. The van der Waals surface area contributed by atoms with E-state index in [1.54, 1.807) is 28.9 Å². The molecule has 4 rings (SSSR count). The standard InChI is InChI=1S/C19H16FN3O2S/c1-11-17-18(12-2-8-15(24)9-3-12)26-10-16(25)21-19(17)23(22-11)14-6-4-13(20)5-7-14/h2-9,18,24H,10H2,1H3,(H,21,25)/t18-/m1/s1. The molecule has 0 spiro atoms. The van der Waals surface area contributed by atoms with Crippen molar-refractivity contribution in [2.24, 2.45) is 0 Å². The highest BCUT2D eigenvalue weighted by molar-refractivity contribution is 8.00. The molecule has 5 nitrogen and oxygen atoms in total. The molecule has 0 aliphatic carbocycles. The lowest BCUT2D eigenvalue weighted by Gasteiger charge is -2.15. The Morgan fingerprint density at radius 2 is 1.88 bits per heavy atom. The van der Waals surface area contributed by atoms with E-state index < -0.39 is 0 Å². The maximum atomic E-state index is 13.3. The number of phenols is 1. The molecule has 0 saturated heterocycles. The van der Waals surface area contributed by atoms with Crippen molar-refractivity contribution in [2.75, 3.05) is 11.1 Å². The number of phenolic OH excluding ortho intramolecular Hbond substituents is 1. The molecule has 132 valence electrons. The fourth-order valence-corrected chi connectivity index (χ4v) is 4.25. The van der Waals surface area contributed by atoms with Crippen molar-refractivity contribution < 1.29 is 14.3 Å². The van der Waals surface area contributed by atoms with Crippen molar-refractivity contribution in [3.8, 4) is 11.4 Å². The van der Waals surface area contributed by atoms with Crippen LogP contribution in [-0.2, 0) is 4.79 Å². The molecule has 2 heterocycles. The second kappa shape index (κ2) is 6.49. The number of aromatic nitrogens is 2. The number of fused-ring (bicyclic) bond motifs is 1. The topological polar surface area (TPSA) is 67.1 Å². The molecular weight excluding hydrogens is 353 g/mol. The Morgan fingerprint density at radius 3 is 2.58 bits per heavy atom. The summed E-state index contributed by atoms with van der Waals surface area (Å²) < 4.78 is 14.9. The molecule has 0 unspecified atom stereocenters. The van der Waals surface area contributed by atoms with Gasteiger partial charge in [-0.3, -0.25) is 4.79 Å². The molecule has 1 atom stereocenters. The number of aromatic hydroxyl groups is 1. The van der Waals surface area contributed by atoms with Crippen molar-refractivity contribution in [3.63, 3.8) is 0 Å². The molecule has 1 aromatic heterocycles. The van der Waals surface area contributed by atoms with Crippen LogP contribution in [0.4, 0.5) is 10.2 Å². The van der Waals surface area contributed by atoms with Crippen LogP contribution in [-0.4, -0.2) is 26.5 Å². The van der Waals surface area contributed by atoms with Crippen molar-refractivity contribution >= 4 is 23.5 Å². The molecule has 0 saturated carbocycles. The van der Waals surface area contributed by atoms with E-state index in [1.807, 2.05) is 19.1 Å². The monoisotopic (exact) mass is 369 g/mol. The second-order valence-electron chi connectivity index (χ2n) is 6.07. The first kappa shape index (κ1) is 16.7. The van der Waals surface area contributed by atoms with Crippen molar-refractivity contribution in [1.29, 1.82) is 0 Å². The minimum absolute atomic E-state index is 0.0984. The molecule has 1 amide bonds. The number of anilines is 1. The van der Waals surface area contributed by atoms with E-state index in [1.165, 1.54) is 23.9 Å². The van der Waals surface area contributed by atoms with E-state index in [0.29, 0.717) is 17.3 Å². The first-order valence-corrected chi connectivity index (χ1v) is 9.13. The zero-order valence-electron chi connectivity index (χ0n) is 13.9. The van der Waals surface area contributed by atoms with Crippen LogP contribution in [0.5, 0.6) is 5.75 Å². The summed E-state index contributed by atoms with van der Waals surface area (Å²) in [7, 11) is 0. The predicted octanol–water partition coefficient (Wildman–Crippen LogP) is 3.80. The number of carbonyl (C=O) groups excluding carboxylic acids is 1. The van der Waals surface area contributed by atoms with E-state index in [4.69, 9.17) is 0 Å². The molecule has 0 radical (unpaired) electrons. The molecule has 2 N–H and O–H groups in total. The molecule has 3 aromatic rings. The van der Waals surface area contributed by atoms with Gasteiger partial charge in [0.15, 0.2) is 0 Å². The Labute approximate surface area is 153 Å². The van der Waals surface area contributed by atoms with E-state index in [0.717, 1.165) is 16.8 Å². The highest BCUT2D eigenvalue weighted by Crippen LogP contribution is 2.44. The van der Waals surface area contributed by atoms with Gasteiger partial charge in [0, 0.05) is 5.56 Å². The number of nitrogens with zero attached hydrogens (tertiary/aromatic N) is 2. The Morgan fingerprint density at radius 1 is 1.19 bits per heavy atom. The van der Waals surface area contributed by atoms with E-state index >= 15 is 0 Å². The quantitative estimate of drug-likeness (QED) is 0.721. The van der Waals surface area contributed by atoms with Gasteiger partial charge in [-0.2, -0.15) is 5.10 Å². The molecular formula is C19H16FN3O2S. The van der Waals surface area contributed by atoms with Crippen LogP contribution >= 0.6 is 11.8 Å². The van der Waals surface area contributed by atoms with Gasteiger partial charge in [0.2, 0.25) is 5.91 Å². The minimum atomic E-state index is -0.328. The van der Waals surface area contributed by atoms with Gasteiger partial charge in [-0.1, -0.05) is 12.1 Å². The number of aryl methyl sites for hydroxylation is 1. The summed E-state index contributed by atoms with van der Waals surface area (Å²) in [4.78, 5) is 12.3. The SMILES string of the molecule is Cc1nn(-c2ccc(F)cc2)c2c1[C@@H](c1ccc(O)cc1)SCC(=O)N2. The Hall–Kier alpha value is -2.80. The summed E-state index contributed by atoms with van der Waals surface area (Å²) in [5.74, 6) is 0.664. The summed E-state index contributed by atoms with van der Waals surface area (Å²) in [6, 6.07) is 12.9. The lowest BCUT2D eigenvalue weighted by molar-refractivity contribution is -0.113. The van der Waals surface area contributed by atoms with Crippen LogP contribution < -0.4 is 5.32 Å². The lowest BCUT2D eigenvalue weighted by atomic mass is 10.0. The van der Waals surface area contributed by atoms with E-state index in [2.05, 4.69) is 10.4 Å². The molecule has 26 heavy (non-hydrogen) atoms. The first-order chi connectivity index (χ1) is 12.5. The van der Waals surface area contributed by atoms with Gasteiger partial charge in [0.05, 0.1) is 22.4 Å². The maximum Gasteiger partial charge on any atom is 0.235 e. The van der Waals surface area contributed by atoms with Crippen LogP contribution in [0, 0.1) is 12.7 Å². The highest BCUT2D eigenvalue weighted by Gasteiger charge is 2.30. The summed E-state index contributed by atoms with van der Waals surface area (Å²) >= 11 is 1.51. The predicted molar refractivity (Wildman–Crippen MR) is 99.3 cm³/mol. The minimum Gasteiger partial charge on any atom is -0.508 e. The Kier molecular flexibility index (Phi) is 4.16. The van der Waals surface area contributed by atoms with Crippen LogP contribution in [0.1, 0.15) is 22.1 Å². The fourth-order valence-electron chi connectivity index (χ4n) is 3.07. The molecule has 1 aliphatic rings. The van der Waals surface area contributed by atoms with Gasteiger partial charge in [0.25, 0.3) is 0 Å². The number of hydrogen-bond donors (Lipinski definition) is 2. The van der Waals surface area contributed by atoms with E-state index in [-0.39, 0.29) is 22.7 Å². The van der Waals surface area contributed by atoms with Gasteiger partial charge >= 0.3 is 0 Å². The number of amides is 1. The average molecular weight is 369 g/mol. The fraction of sp³-hybridized carbons (Fsp3) is 0.158. The number of hydrogen-bond acceptors (Lipinski definition) is 4. The van der Waals surface area contributed by atoms with Gasteiger partial charge in [-0.15, -0.1) is 11.8 Å². The zero-order valence-corrected chi connectivity index (χ0v) is 14.8. The number of halogens is 1. The van der Waals surface area contributed by atoms with Crippen molar-refractivity contribution in [1.82, 2.24) is 9.78 Å². The Balaban J connectivity index is 1.87. The highest BCUT2D eigenvalue weighted by atomic mass is 32.2. The summed E-state index contributed by atoms with van der Waals surface area (Å²) in [5.41, 5.74) is 3.35. The van der Waals surface area contributed by atoms with E-state index in [9.17, 15) is 14.3 Å². The molecule has 7 heteroatoms. The third-order valence-electron chi connectivity index (χ3n) is 4.27. The van der Waals surface area contributed by atoms with Crippen LogP contribution in [0.3, 0.4) is 0 Å². The summed E-state index contributed by atoms with van der Waals surface area (Å²) in [6.07, 6.45) is 0. The van der Waals surface area contributed by atoms with Crippen LogP contribution in [0.2, 0.25) is 0 Å². The largest absolute Gasteiger partial charge is 0.508 e. The average Bonchev–Trinajstić information content (AvgIpc) is 2.83. The molecule has 2 aromatic carbocycles. The number of rotatable bonds is 2. The van der Waals surface area contributed by atoms with Gasteiger partial charge in [0.1, 0.15) is 17.4 Å². The van der Waals surface area contributed by atoms with Gasteiger partial charge < -0.3 is 10.4 Å². The lowest BCUT2D eigenvalue weighted by Crippen LogP contribution is -2.15. The number of carbonyl (C=O) groups is 1. The van der Waals surface area contributed by atoms with Crippen molar-refractivity contribution in [2.45, 2.75) is 12.2 Å². The first-order valence-electron chi connectivity index (χ1n) is 8.09. The molecule has 0 bridgehead atoms. The zero-order chi connectivity index (χ0) is 18.3. The number of thioether (sulfide) groups is 1. The number of benzene rings is 2. The van der Waals surface area contributed by atoms with Gasteiger partial charge in [-0.25, -0.2) is 9.07 Å². The van der Waals surface area contributed by atoms with Crippen LogP contribution in [0.15, 0.2) is 48.5 Å².